The van der Waals surface area contributed by atoms with Crippen LogP contribution in [0.15, 0.2) is 71.7 Å². The van der Waals surface area contributed by atoms with Crippen molar-refractivity contribution in [1.29, 1.82) is 0 Å². The fraction of sp³-hybridized carbons (Fsp3) is 0.200. The highest BCUT2D eigenvalue weighted by atomic mass is 32.2. The third-order valence-electron chi connectivity index (χ3n) is 5.71. The molecule has 1 aliphatic rings. The SMILES string of the molecule is COC(=O)c1cccc(N2CC(c3ccc(C)c(-c4ccc(OC)cc4)c3)N=C2S(=O)(=O)O)c1. The number of rotatable bonds is 5. The van der Waals surface area contributed by atoms with E-state index < -0.39 is 27.3 Å². The Morgan fingerprint density at radius 1 is 1.06 bits per heavy atom. The van der Waals surface area contributed by atoms with Crippen LogP contribution in [0.4, 0.5) is 5.69 Å². The van der Waals surface area contributed by atoms with Crippen molar-refractivity contribution in [2.45, 2.75) is 13.0 Å². The van der Waals surface area contributed by atoms with Gasteiger partial charge in [-0.15, -0.1) is 0 Å². The number of amidine groups is 1. The molecule has 1 aliphatic heterocycles. The number of esters is 1. The van der Waals surface area contributed by atoms with Gasteiger partial charge < -0.3 is 14.4 Å². The van der Waals surface area contributed by atoms with E-state index in [2.05, 4.69) is 4.99 Å². The van der Waals surface area contributed by atoms with Crippen LogP contribution < -0.4 is 9.64 Å². The van der Waals surface area contributed by atoms with Gasteiger partial charge in [-0.25, -0.2) is 9.79 Å². The highest BCUT2D eigenvalue weighted by Gasteiger charge is 2.35. The van der Waals surface area contributed by atoms with Crippen LogP contribution in [-0.4, -0.2) is 44.9 Å². The summed E-state index contributed by atoms with van der Waals surface area (Å²) in [6.45, 7) is 2.17. The number of nitrogens with zero attached hydrogens (tertiary/aromatic N) is 2. The zero-order valence-corrected chi connectivity index (χ0v) is 19.7. The van der Waals surface area contributed by atoms with Crippen molar-refractivity contribution < 1.29 is 27.2 Å². The van der Waals surface area contributed by atoms with Crippen LogP contribution in [0.5, 0.6) is 5.75 Å². The van der Waals surface area contributed by atoms with Gasteiger partial charge in [-0.2, -0.15) is 8.42 Å². The summed E-state index contributed by atoms with van der Waals surface area (Å²) in [6, 6.07) is 19.3. The number of carbonyl (C=O) groups is 1. The van der Waals surface area contributed by atoms with E-state index in [0.29, 0.717) is 5.69 Å². The van der Waals surface area contributed by atoms with Crippen LogP contribution in [0, 0.1) is 6.92 Å². The summed E-state index contributed by atoms with van der Waals surface area (Å²) in [5, 5.41) is -0.467. The Labute approximate surface area is 198 Å². The lowest BCUT2D eigenvalue weighted by atomic mass is 9.95. The Kier molecular flexibility index (Phi) is 6.41. The Morgan fingerprint density at radius 3 is 2.44 bits per heavy atom. The van der Waals surface area contributed by atoms with Gasteiger partial charge in [0, 0.05) is 5.69 Å². The minimum Gasteiger partial charge on any atom is -0.497 e. The summed E-state index contributed by atoms with van der Waals surface area (Å²) >= 11 is 0. The number of aliphatic imine (C=N–C) groups is 1. The van der Waals surface area contributed by atoms with Crippen molar-refractivity contribution in [2.75, 3.05) is 25.7 Å². The molecule has 0 bridgehead atoms. The summed E-state index contributed by atoms with van der Waals surface area (Å²) in [7, 11) is -1.73. The molecule has 3 aromatic rings. The van der Waals surface area contributed by atoms with Gasteiger partial charge in [-0.05, 0) is 65.6 Å². The van der Waals surface area contributed by atoms with Gasteiger partial charge in [0.25, 0.3) is 5.17 Å². The molecular formula is C25H24N2O6S. The molecule has 34 heavy (non-hydrogen) atoms. The average Bonchev–Trinajstić information content (AvgIpc) is 3.30. The smallest absolute Gasteiger partial charge is 0.337 e. The average molecular weight is 481 g/mol. The van der Waals surface area contributed by atoms with Crippen LogP contribution in [0.3, 0.4) is 0 Å². The molecule has 176 valence electrons. The molecule has 0 fully saturated rings. The van der Waals surface area contributed by atoms with Crippen molar-refractivity contribution in [2.24, 2.45) is 4.99 Å². The van der Waals surface area contributed by atoms with Crippen molar-refractivity contribution in [3.8, 4) is 16.9 Å². The molecule has 0 spiro atoms. The minimum absolute atomic E-state index is 0.171. The summed E-state index contributed by atoms with van der Waals surface area (Å²) < 4.78 is 44.2. The van der Waals surface area contributed by atoms with E-state index in [1.54, 1.807) is 25.3 Å². The van der Waals surface area contributed by atoms with E-state index in [9.17, 15) is 17.8 Å². The maximum atomic E-state index is 12.2. The van der Waals surface area contributed by atoms with Crippen LogP contribution in [0.25, 0.3) is 11.1 Å². The van der Waals surface area contributed by atoms with Crippen LogP contribution >= 0.6 is 0 Å². The van der Waals surface area contributed by atoms with Crippen molar-refractivity contribution >= 4 is 26.9 Å². The lowest BCUT2D eigenvalue weighted by Crippen LogP contribution is -2.33. The van der Waals surface area contributed by atoms with E-state index in [1.807, 2.05) is 49.4 Å². The number of methoxy groups -OCH3 is 2. The molecule has 9 heteroatoms. The van der Waals surface area contributed by atoms with Gasteiger partial charge in [0.1, 0.15) is 5.75 Å². The van der Waals surface area contributed by atoms with Gasteiger partial charge in [0.2, 0.25) is 0 Å². The van der Waals surface area contributed by atoms with E-state index in [1.165, 1.54) is 18.1 Å². The maximum Gasteiger partial charge on any atom is 0.337 e. The zero-order chi connectivity index (χ0) is 24.5. The number of anilines is 1. The first-order valence-corrected chi connectivity index (χ1v) is 11.9. The van der Waals surface area contributed by atoms with Crippen LogP contribution in [0.1, 0.15) is 27.5 Å². The first kappa shape index (κ1) is 23.5. The molecule has 0 radical (unpaired) electrons. The molecule has 1 N–H and O–H groups in total. The van der Waals surface area contributed by atoms with Crippen LogP contribution in [0.2, 0.25) is 0 Å². The van der Waals surface area contributed by atoms with E-state index in [-0.39, 0.29) is 12.1 Å². The first-order chi connectivity index (χ1) is 16.2. The zero-order valence-electron chi connectivity index (χ0n) is 18.9. The van der Waals surface area contributed by atoms with Crippen molar-refractivity contribution in [3.05, 3.63) is 83.4 Å². The predicted molar refractivity (Wildman–Crippen MR) is 130 cm³/mol. The van der Waals surface area contributed by atoms with E-state index >= 15 is 0 Å². The molecule has 4 rings (SSSR count). The fourth-order valence-corrected chi connectivity index (χ4v) is 4.66. The molecule has 1 heterocycles. The summed E-state index contributed by atoms with van der Waals surface area (Å²) in [4.78, 5) is 17.7. The maximum absolute atomic E-state index is 12.2. The molecule has 0 aromatic heterocycles. The van der Waals surface area contributed by atoms with Crippen molar-refractivity contribution in [3.63, 3.8) is 0 Å². The Hall–Kier alpha value is -3.69. The fourth-order valence-electron chi connectivity index (χ4n) is 3.94. The number of aryl methyl sites for hydroxylation is 1. The summed E-state index contributed by atoms with van der Waals surface area (Å²) in [5.41, 5.74) is 4.48. The Balaban J connectivity index is 1.72. The van der Waals surface area contributed by atoms with Gasteiger partial charge in [0.05, 0.1) is 32.4 Å². The highest BCUT2D eigenvalue weighted by molar-refractivity contribution is 8.01. The molecule has 1 unspecified atom stereocenters. The largest absolute Gasteiger partial charge is 0.497 e. The van der Waals surface area contributed by atoms with Gasteiger partial charge >= 0.3 is 16.1 Å². The Bertz CT molecular complexity index is 1370. The standard InChI is InChI=1S/C25H24N2O6S/c1-16-7-8-18(14-22(16)17-9-11-21(32-2)12-10-17)23-15-27(25(26-23)34(29,30)31)20-6-4-5-19(13-20)24(28)33-3/h4-14,23H,15H2,1-3H3,(H,29,30,31). The van der Waals surface area contributed by atoms with Gasteiger partial charge in [0.15, 0.2) is 0 Å². The molecular weight excluding hydrogens is 456 g/mol. The normalized spacial score (nSPS) is 15.7. The lowest BCUT2D eigenvalue weighted by Gasteiger charge is -2.20. The van der Waals surface area contributed by atoms with Crippen molar-refractivity contribution in [1.82, 2.24) is 0 Å². The molecule has 0 amide bonds. The van der Waals surface area contributed by atoms with Crippen LogP contribution in [-0.2, 0) is 14.9 Å². The second-order valence-electron chi connectivity index (χ2n) is 7.86. The summed E-state index contributed by atoms with van der Waals surface area (Å²) in [5.74, 6) is 0.200. The third-order valence-corrected chi connectivity index (χ3v) is 6.50. The predicted octanol–water partition coefficient (Wildman–Crippen LogP) is 4.26. The number of hydrogen-bond donors (Lipinski definition) is 1. The number of ether oxygens (including phenoxy) is 2. The monoisotopic (exact) mass is 480 g/mol. The molecule has 8 nitrogen and oxygen atoms in total. The quantitative estimate of drug-likeness (QED) is 0.430. The number of hydrogen-bond acceptors (Lipinski definition) is 7. The number of benzene rings is 3. The second kappa shape index (κ2) is 9.28. The first-order valence-electron chi connectivity index (χ1n) is 10.5. The minimum atomic E-state index is -4.61. The summed E-state index contributed by atoms with van der Waals surface area (Å²) in [6.07, 6.45) is 0. The lowest BCUT2D eigenvalue weighted by molar-refractivity contribution is 0.0600. The highest BCUT2D eigenvalue weighted by Crippen LogP contribution is 2.34. The van der Waals surface area contributed by atoms with E-state index in [0.717, 1.165) is 28.0 Å². The molecule has 0 aliphatic carbocycles. The third kappa shape index (κ3) is 4.66. The van der Waals surface area contributed by atoms with E-state index in [4.69, 9.17) is 9.47 Å². The topological polar surface area (TPSA) is 105 Å². The second-order valence-corrected chi connectivity index (χ2v) is 9.17. The number of carbonyl (C=O) groups excluding carboxylic acids is 1. The van der Waals surface area contributed by atoms with Gasteiger partial charge in [-0.1, -0.05) is 30.3 Å². The molecule has 1 atom stereocenters. The molecule has 0 saturated heterocycles. The molecule has 0 saturated carbocycles. The molecule has 3 aromatic carbocycles. The Morgan fingerprint density at radius 2 is 1.79 bits per heavy atom. The van der Waals surface area contributed by atoms with Gasteiger partial charge in [-0.3, -0.25) is 4.55 Å².